The molecule has 1 aromatic rings. The Hall–Kier alpha value is -2.35. The van der Waals surface area contributed by atoms with E-state index in [4.69, 9.17) is 10.00 Å². The average Bonchev–Trinajstić information content (AvgIpc) is 3.04. The Balaban J connectivity index is 1.82. The van der Waals surface area contributed by atoms with E-state index in [0.717, 1.165) is 25.7 Å². The molecule has 0 radical (unpaired) electrons. The van der Waals surface area contributed by atoms with Crippen LogP contribution in [0.2, 0.25) is 0 Å². The highest BCUT2D eigenvalue weighted by Gasteiger charge is 2.52. The summed E-state index contributed by atoms with van der Waals surface area (Å²) in [6, 6.07) is 8.62. The highest BCUT2D eigenvalue weighted by molar-refractivity contribution is 6.22. The third-order valence-corrected chi connectivity index (χ3v) is 4.35. The van der Waals surface area contributed by atoms with Gasteiger partial charge in [-0.25, -0.2) is 0 Å². The second-order valence-electron chi connectivity index (χ2n) is 5.64. The maximum absolute atomic E-state index is 12.6. The third kappa shape index (κ3) is 2.27. The highest BCUT2D eigenvalue weighted by Crippen LogP contribution is 2.47. The number of benzene rings is 1. The molecule has 0 aromatic heterocycles. The second-order valence-corrected chi connectivity index (χ2v) is 5.64. The van der Waals surface area contributed by atoms with Gasteiger partial charge in [-0.15, -0.1) is 0 Å². The minimum Gasteiger partial charge on any atom is -0.479 e. The fourth-order valence-corrected chi connectivity index (χ4v) is 3.31. The predicted molar refractivity (Wildman–Crippen MR) is 75.6 cm³/mol. The number of imide groups is 1. The summed E-state index contributed by atoms with van der Waals surface area (Å²) in [4.78, 5) is 26.2. The van der Waals surface area contributed by atoms with Crippen molar-refractivity contribution < 1.29 is 14.3 Å². The van der Waals surface area contributed by atoms with Crippen molar-refractivity contribution >= 4 is 17.5 Å². The maximum atomic E-state index is 12.6. The molecule has 1 saturated carbocycles. The summed E-state index contributed by atoms with van der Waals surface area (Å²) < 4.78 is 5.17. The van der Waals surface area contributed by atoms with Crippen LogP contribution in [0.25, 0.3) is 0 Å². The number of amides is 2. The molecule has 0 unspecified atom stereocenters. The van der Waals surface area contributed by atoms with Gasteiger partial charge in [-0.1, -0.05) is 12.8 Å². The molecule has 1 aliphatic carbocycles. The fourth-order valence-electron chi connectivity index (χ4n) is 3.31. The zero-order valence-electron chi connectivity index (χ0n) is 11.7. The van der Waals surface area contributed by atoms with Crippen LogP contribution in [0, 0.1) is 16.7 Å². The van der Waals surface area contributed by atoms with Crippen LogP contribution in [0.5, 0.6) is 5.75 Å². The van der Waals surface area contributed by atoms with Gasteiger partial charge >= 0.3 is 0 Å². The van der Waals surface area contributed by atoms with Crippen molar-refractivity contribution in [3.8, 4) is 11.8 Å². The number of nitriles is 1. The Morgan fingerprint density at radius 1 is 1.19 bits per heavy atom. The van der Waals surface area contributed by atoms with Gasteiger partial charge in [0.05, 0.1) is 11.1 Å². The number of anilines is 1. The van der Waals surface area contributed by atoms with Gasteiger partial charge in [0.1, 0.15) is 11.8 Å². The van der Waals surface area contributed by atoms with Crippen LogP contribution in [0.15, 0.2) is 24.3 Å². The Kier molecular flexibility index (Phi) is 3.38. The Morgan fingerprint density at radius 3 is 2.48 bits per heavy atom. The normalized spacial score (nSPS) is 20.0. The zero-order valence-corrected chi connectivity index (χ0v) is 11.7. The first-order valence-corrected chi connectivity index (χ1v) is 7.13. The van der Waals surface area contributed by atoms with Crippen LogP contribution in [0.1, 0.15) is 32.1 Å². The molecule has 21 heavy (non-hydrogen) atoms. The number of nitrogens with zero attached hydrogens (tertiary/aromatic N) is 2. The molecular weight excluding hydrogens is 268 g/mol. The smallest absolute Gasteiger partial charge is 0.240 e. The molecule has 2 aliphatic rings. The van der Waals surface area contributed by atoms with E-state index in [1.807, 2.05) is 6.07 Å². The van der Waals surface area contributed by atoms with Crippen LogP contribution in [-0.4, -0.2) is 18.4 Å². The molecule has 2 fully saturated rings. The van der Waals surface area contributed by atoms with E-state index in [-0.39, 0.29) is 18.4 Å². The third-order valence-electron chi connectivity index (χ3n) is 4.35. The van der Waals surface area contributed by atoms with Crippen molar-refractivity contribution in [2.75, 3.05) is 11.5 Å². The first kappa shape index (κ1) is 13.6. The van der Waals surface area contributed by atoms with Crippen molar-refractivity contribution in [2.24, 2.45) is 5.41 Å². The monoisotopic (exact) mass is 284 g/mol. The van der Waals surface area contributed by atoms with Gasteiger partial charge in [-0.2, -0.15) is 5.26 Å². The molecule has 5 nitrogen and oxygen atoms in total. The summed E-state index contributed by atoms with van der Waals surface area (Å²) in [5.41, 5.74) is 0.130. The molecular formula is C16H16N2O3. The van der Waals surface area contributed by atoms with Crippen LogP contribution in [0.4, 0.5) is 5.69 Å². The molecule has 0 bridgehead atoms. The quantitative estimate of drug-likeness (QED) is 0.799. The van der Waals surface area contributed by atoms with E-state index >= 15 is 0 Å². The van der Waals surface area contributed by atoms with Gasteiger partial charge < -0.3 is 4.74 Å². The molecule has 1 aliphatic heterocycles. The lowest BCUT2D eigenvalue weighted by molar-refractivity contribution is -0.125. The molecule has 1 saturated heterocycles. The number of ether oxygens (including phenoxy) is 1. The van der Waals surface area contributed by atoms with Gasteiger partial charge in [-0.3, -0.25) is 14.5 Å². The molecule has 1 heterocycles. The van der Waals surface area contributed by atoms with E-state index in [9.17, 15) is 9.59 Å². The van der Waals surface area contributed by atoms with Crippen molar-refractivity contribution in [1.82, 2.24) is 0 Å². The van der Waals surface area contributed by atoms with Gasteiger partial charge in [0.25, 0.3) is 0 Å². The zero-order chi connectivity index (χ0) is 14.9. The van der Waals surface area contributed by atoms with Gasteiger partial charge in [0, 0.05) is 6.42 Å². The Bertz CT molecular complexity index is 609. The lowest BCUT2D eigenvalue weighted by Crippen LogP contribution is -2.34. The van der Waals surface area contributed by atoms with Crippen LogP contribution < -0.4 is 9.64 Å². The topological polar surface area (TPSA) is 70.4 Å². The first-order valence-electron chi connectivity index (χ1n) is 7.13. The molecule has 2 amide bonds. The highest BCUT2D eigenvalue weighted by atomic mass is 16.5. The fraction of sp³-hybridized carbons (Fsp3) is 0.438. The second kappa shape index (κ2) is 5.21. The Labute approximate surface area is 123 Å². The van der Waals surface area contributed by atoms with E-state index in [0.29, 0.717) is 17.9 Å². The van der Waals surface area contributed by atoms with Crippen molar-refractivity contribution in [3.05, 3.63) is 24.3 Å². The lowest BCUT2D eigenvalue weighted by atomic mass is 9.84. The minimum atomic E-state index is -0.451. The largest absolute Gasteiger partial charge is 0.479 e. The number of hydrogen-bond donors (Lipinski definition) is 0. The van der Waals surface area contributed by atoms with Crippen LogP contribution in [0.3, 0.4) is 0 Å². The molecule has 5 heteroatoms. The SMILES string of the molecule is N#CCOc1ccc(N2C(=O)CC3(CCCC3)C2=O)cc1. The first-order chi connectivity index (χ1) is 10.2. The molecule has 3 rings (SSSR count). The van der Waals surface area contributed by atoms with Crippen LogP contribution >= 0.6 is 0 Å². The molecule has 1 spiro atoms. The molecule has 0 atom stereocenters. The summed E-state index contributed by atoms with van der Waals surface area (Å²) in [5.74, 6) is 0.373. The lowest BCUT2D eigenvalue weighted by Gasteiger charge is -2.21. The summed E-state index contributed by atoms with van der Waals surface area (Å²) >= 11 is 0. The number of hydrogen-bond acceptors (Lipinski definition) is 4. The van der Waals surface area contributed by atoms with E-state index < -0.39 is 5.41 Å². The van der Waals surface area contributed by atoms with E-state index in [1.165, 1.54) is 4.90 Å². The van der Waals surface area contributed by atoms with Crippen molar-refractivity contribution in [2.45, 2.75) is 32.1 Å². The number of carbonyl (C=O) groups excluding carboxylic acids is 2. The van der Waals surface area contributed by atoms with E-state index in [2.05, 4.69) is 0 Å². The van der Waals surface area contributed by atoms with Gasteiger partial charge in [-0.05, 0) is 37.1 Å². The summed E-state index contributed by atoms with van der Waals surface area (Å²) in [6.45, 7) is -0.0238. The van der Waals surface area contributed by atoms with Crippen molar-refractivity contribution in [1.29, 1.82) is 5.26 Å². The molecule has 1 aromatic carbocycles. The van der Waals surface area contributed by atoms with Gasteiger partial charge in [0.15, 0.2) is 6.61 Å². The van der Waals surface area contributed by atoms with Crippen molar-refractivity contribution in [3.63, 3.8) is 0 Å². The average molecular weight is 284 g/mol. The number of rotatable bonds is 3. The predicted octanol–water partition coefficient (Wildman–Crippen LogP) is 2.41. The summed E-state index contributed by atoms with van der Waals surface area (Å²) in [5, 5.41) is 8.47. The standard InChI is InChI=1S/C16H16N2O3/c17-9-10-21-13-5-3-12(4-6-13)18-14(19)11-16(15(18)20)7-1-2-8-16/h3-6H,1-2,7-8,10-11H2. The summed E-state index contributed by atoms with van der Waals surface area (Å²) in [6.07, 6.45) is 4.01. The molecule has 0 N–H and O–H groups in total. The minimum absolute atomic E-state index is 0.0238. The van der Waals surface area contributed by atoms with Gasteiger partial charge in [0.2, 0.25) is 11.8 Å². The Morgan fingerprint density at radius 2 is 1.86 bits per heavy atom. The number of carbonyl (C=O) groups is 2. The van der Waals surface area contributed by atoms with Crippen LogP contribution in [-0.2, 0) is 9.59 Å². The van der Waals surface area contributed by atoms with E-state index in [1.54, 1.807) is 24.3 Å². The summed E-state index contributed by atoms with van der Waals surface area (Å²) in [7, 11) is 0. The molecule has 108 valence electrons. The maximum Gasteiger partial charge on any atom is 0.240 e.